The number of alkyl halides is 3. The zero-order valence-corrected chi connectivity index (χ0v) is 12.1. The van der Waals surface area contributed by atoms with Crippen LogP contribution < -0.4 is 5.32 Å². The van der Waals surface area contributed by atoms with Gasteiger partial charge in [-0.1, -0.05) is 23.7 Å². The summed E-state index contributed by atoms with van der Waals surface area (Å²) in [6.45, 7) is 0.287. The number of nitrogens with zero attached hydrogens (tertiary/aromatic N) is 1. The Hall–Kier alpha value is -2.08. The van der Waals surface area contributed by atoms with E-state index in [0.29, 0.717) is 12.0 Å². The van der Waals surface area contributed by atoms with Crippen molar-refractivity contribution in [1.29, 1.82) is 0 Å². The number of amides is 1. The standard InChI is InChI=1S/C15H12ClF3N2O/c16-13-12(2-1-8-20-13)14(22)21-9-7-10-3-5-11(6-4-10)15(17,18)19/h1-6,8H,7,9H2,(H,21,22). The highest BCUT2D eigenvalue weighted by Gasteiger charge is 2.29. The summed E-state index contributed by atoms with van der Waals surface area (Å²) >= 11 is 5.80. The third kappa shape index (κ3) is 4.21. The van der Waals surface area contributed by atoms with Gasteiger partial charge in [0.15, 0.2) is 0 Å². The van der Waals surface area contributed by atoms with E-state index >= 15 is 0 Å². The lowest BCUT2D eigenvalue weighted by atomic mass is 10.1. The first kappa shape index (κ1) is 16.3. The van der Waals surface area contributed by atoms with Crippen LogP contribution in [0.3, 0.4) is 0 Å². The molecule has 1 aromatic carbocycles. The molecule has 0 aliphatic carbocycles. The second kappa shape index (κ2) is 6.79. The molecule has 0 bridgehead atoms. The van der Waals surface area contributed by atoms with E-state index < -0.39 is 11.7 Å². The average Bonchev–Trinajstić information content (AvgIpc) is 2.47. The highest BCUT2D eigenvalue weighted by molar-refractivity contribution is 6.32. The number of hydrogen-bond acceptors (Lipinski definition) is 2. The monoisotopic (exact) mass is 328 g/mol. The lowest BCUT2D eigenvalue weighted by Gasteiger charge is -2.08. The van der Waals surface area contributed by atoms with Gasteiger partial charge in [-0.2, -0.15) is 13.2 Å². The second-order valence-electron chi connectivity index (χ2n) is 4.54. The third-order valence-electron chi connectivity index (χ3n) is 2.98. The Morgan fingerprint density at radius 1 is 1.18 bits per heavy atom. The van der Waals surface area contributed by atoms with E-state index in [-0.39, 0.29) is 23.2 Å². The van der Waals surface area contributed by atoms with E-state index in [1.54, 1.807) is 12.1 Å². The molecule has 0 unspecified atom stereocenters. The smallest absolute Gasteiger partial charge is 0.352 e. The summed E-state index contributed by atoms with van der Waals surface area (Å²) in [7, 11) is 0. The van der Waals surface area contributed by atoms with Crippen LogP contribution in [-0.4, -0.2) is 17.4 Å². The average molecular weight is 329 g/mol. The fraction of sp³-hybridized carbons (Fsp3) is 0.200. The van der Waals surface area contributed by atoms with Crippen LogP contribution in [0.4, 0.5) is 13.2 Å². The molecule has 1 aromatic heterocycles. The largest absolute Gasteiger partial charge is 0.416 e. The van der Waals surface area contributed by atoms with Crippen LogP contribution in [0.25, 0.3) is 0 Å². The maximum absolute atomic E-state index is 12.4. The molecule has 0 saturated carbocycles. The van der Waals surface area contributed by atoms with Gasteiger partial charge in [0.05, 0.1) is 11.1 Å². The molecule has 3 nitrogen and oxygen atoms in total. The molecule has 1 heterocycles. The predicted molar refractivity (Wildman–Crippen MR) is 76.7 cm³/mol. The van der Waals surface area contributed by atoms with Gasteiger partial charge < -0.3 is 5.32 Å². The van der Waals surface area contributed by atoms with Crippen molar-refractivity contribution in [2.75, 3.05) is 6.54 Å². The molecule has 0 aliphatic heterocycles. The lowest BCUT2D eigenvalue weighted by Crippen LogP contribution is -2.26. The second-order valence-corrected chi connectivity index (χ2v) is 4.90. The van der Waals surface area contributed by atoms with Gasteiger partial charge in [0.25, 0.3) is 5.91 Å². The fourth-order valence-corrected chi connectivity index (χ4v) is 2.04. The number of rotatable bonds is 4. The summed E-state index contributed by atoms with van der Waals surface area (Å²) in [6.07, 6.45) is -2.45. The van der Waals surface area contributed by atoms with E-state index in [0.717, 1.165) is 12.1 Å². The van der Waals surface area contributed by atoms with Gasteiger partial charge in [-0.25, -0.2) is 4.98 Å². The van der Waals surface area contributed by atoms with Crippen molar-refractivity contribution < 1.29 is 18.0 Å². The molecule has 1 amide bonds. The molecule has 0 spiro atoms. The van der Waals surface area contributed by atoms with Crippen molar-refractivity contribution in [2.24, 2.45) is 0 Å². The van der Waals surface area contributed by atoms with E-state index in [2.05, 4.69) is 10.3 Å². The minimum atomic E-state index is -4.34. The van der Waals surface area contributed by atoms with Crippen molar-refractivity contribution >= 4 is 17.5 Å². The third-order valence-corrected chi connectivity index (χ3v) is 3.29. The number of hydrogen-bond donors (Lipinski definition) is 1. The molecular weight excluding hydrogens is 317 g/mol. The first-order chi connectivity index (χ1) is 10.4. The Labute approximate surface area is 130 Å². The minimum absolute atomic E-state index is 0.106. The molecule has 7 heteroatoms. The summed E-state index contributed by atoms with van der Waals surface area (Å²) < 4.78 is 37.3. The first-order valence-electron chi connectivity index (χ1n) is 6.43. The zero-order chi connectivity index (χ0) is 16.2. The SMILES string of the molecule is O=C(NCCc1ccc(C(F)(F)F)cc1)c1cccnc1Cl. The van der Waals surface area contributed by atoms with Crippen LogP contribution in [0.5, 0.6) is 0 Å². The van der Waals surface area contributed by atoms with Gasteiger partial charge >= 0.3 is 6.18 Å². The van der Waals surface area contributed by atoms with Crippen molar-refractivity contribution in [1.82, 2.24) is 10.3 Å². The molecule has 0 fully saturated rings. The summed E-state index contributed by atoms with van der Waals surface area (Å²) in [5.74, 6) is -0.370. The van der Waals surface area contributed by atoms with E-state index in [9.17, 15) is 18.0 Å². The minimum Gasteiger partial charge on any atom is -0.352 e. The van der Waals surface area contributed by atoms with Gasteiger partial charge in [0.1, 0.15) is 5.15 Å². The molecule has 1 N–H and O–H groups in total. The molecule has 22 heavy (non-hydrogen) atoms. The highest BCUT2D eigenvalue weighted by Crippen LogP contribution is 2.29. The lowest BCUT2D eigenvalue weighted by molar-refractivity contribution is -0.137. The van der Waals surface area contributed by atoms with E-state index in [4.69, 9.17) is 11.6 Å². The zero-order valence-electron chi connectivity index (χ0n) is 11.3. The molecule has 0 atom stereocenters. The topological polar surface area (TPSA) is 42.0 Å². The fourth-order valence-electron chi connectivity index (χ4n) is 1.83. The van der Waals surface area contributed by atoms with Crippen molar-refractivity contribution in [2.45, 2.75) is 12.6 Å². The predicted octanol–water partition coefficient (Wildman–Crippen LogP) is 3.73. The summed E-state index contributed by atoms with van der Waals surface area (Å²) in [6, 6.07) is 7.97. The number of carbonyl (C=O) groups excluding carboxylic acids is 1. The van der Waals surface area contributed by atoms with Crippen molar-refractivity contribution in [3.8, 4) is 0 Å². The van der Waals surface area contributed by atoms with E-state index in [1.807, 2.05) is 0 Å². The van der Waals surface area contributed by atoms with Crippen molar-refractivity contribution in [3.63, 3.8) is 0 Å². The number of nitrogens with one attached hydrogen (secondary N) is 1. The van der Waals surface area contributed by atoms with Crippen LogP contribution in [0.1, 0.15) is 21.5 Å². The van der Waals surface area contributed by atoms with Crippen LogP contribution in [0.15, 0.2) is 42.6 Å². The van der Waals surface area contributed by atoms with E-state index in [1.165, 1.54) is 18.3 Å². The molecule has 0 saturated heterocycles. The Kier molecular flexibility index (Phi) is 5.03. The summed E-state index contributed by atoms with van der Waals surface area (Å²) in [4.78, 5) is 15.7. The Balaban J connectivity index is 1.89. The van der Waals surface area contributed by atoms with Crippen LogP contribution >= 0.6 is 11.6 Å². The maximum atomic E-state index is 12.4. The first-order valence-corrected chi connectivity index (χ1v) is 6.80. The number of pyridine rings is 1. The quantitative estimate of drug-likeness (QED) is 0.869. The van der Waals surface area contributed by atoms with Gasteiger partial charge in [-0.05, 0) is 36.2 Å². The van der Waals surface area contributed by atoms with Crippen LogP contribution in [0.2, 0.25) is 5.15 Å². The Morgan fingerprint density at radius 3 is 2.45 bits per heavy atom. The molecular formula is C15H12ClF3N2O. The molecule has 2 rings (SSSR count). The summed E-state index contributed by atoms with van der Waals surface area (Å²) in [5.41, 5.74) is 0.268. The normalized spacial score (nSPS) is 11.3. The van der Waals surface area contributed by atoms with Gasteiger partial charge in [0, 0.05) is 12.7 Å². The Morgan fingerprint density at radius 2 is 1.86 bits per heavy atom. The molecule has 116 valence electrons. The number of aromatic nitrogens is 1. The molecule has 0 radical (unpaired) electrons. The van der Waals surface area contributed by atoms with Crippen LogP contribution in [-0.2, 0) is 12.6 Å². The number of carbonyl (C=O) groups is 1. The maximum Gasteiger partial charge on any atom is 0.416 e. The van der Waals surface area contributed by atoms with Crippen molar-refractivity contribution in [3.05, 3.63) is 64.4 Å². The van der Waals surface area contributed by atoms with Gasteiger partial charge in [0.2, 0.25) is 0 Å². The number of halogens is 4. The summed E-state index contributed by atoms with van der Waals surface area (Å²) in [5, 5.41) is 2.75. The van der Waals surface area contributed by atoms with Crippen LogP contribution in [0, 0.1) is 0 Å². The highest BCUT2D eigenvalue weighted by atomic mass is 35.5. The van der Waals surface area contributed by atoms with Gasteiger partial charge in [-0.3, -0.25) is 4.79 Å². The Bertz CT molecular complexity index is 657. The molecule has 0 aliphatic rings. The van der Waals surface area contributed by atoms with Gasteiger partial charge in [-0.15, -0.1) is 0 Å². The molecule has 2 aromatic rings. The number of benzene rings is 1.